The Bertz CT molecular complexity index is 71.5. The highest BCUT2D eigenvalue weighted by atomic mass is 16.5. The highest BCUT2D eigenvalue weighted by Crippen LogP contribution is 1.80. The molecular formula is C13H34O4. The van der Waals surface area contributed by atoms with E-state index in [0.29, 0.717) is 0 Å². The molecule has 0 aliphatic carbocycles. The molecule has 2 atom stereocenters. The number of methoxy groups -OCH3 is 2. The van der Waals surface area contributed by atoms with Crippen molar-refractivity contribution >= 4 is 0 Å². The third kappa shape index (κ3) is 49.4. The van der Waals surface area contributed by atoms with Gasteiger partial charge in [-0.15, -0.1) is 0 Å². The van der Waals surface area contributed by atoms with E-state index in [2.05, 4.69) is 23.3 Å². The molecular weight excluding hydrogens is 220 g/mol. The van der Waals surface area contributed by atoms with Crippen LogP contribution in [-0.2, 0) is 9.47 Å². The molecule has 0 aromatic heterocycles. The normalized spacial score (nSPS) is 11.6. The Morgan fingerprint density at radius 2 is 1.00 bits per heavy atom. The standard InChI is InChI=1S/2C4H10O2.C3H8.C2H6/c2*1-4(3-5)6-2;1-3-2;1-2/h2*4-5H,3H2,1-2H3;3H2,1-2H3;1-2H3. The van der Waals surface area contributed by atoms with Gasteiger partial charge in [-0.3, -0.25) is 0 Å². The Balaban J connectivity index is -0.0000000727. The van der Waals surface area contributed by atoms with Gasteiger partial charge in [0.05, 0.1) is 25.4 Å². The predicted molar refractivity (Wildman–Crippen MR) is 74.4 cm³/mol. The van der Waals surface area contributed by atoms with E-state index in [-0.39, 0.29) is 25.4 Å². The lowest BCUT2D eigenvalue weighted by molar-refractivity contribution is 0.0623. The van der Waals surface area contributed by atoms with Crippen LogP contribution in [0.4, 0.5) is 0 Å². The van der Waals surface area contributed by atoms with Crippen LogP contribution in [0.2, 0.25) is 0 Å². The molecule has 2 N–H and O–H groups in total. The smallest absolute Gasteiger partial charge is 0.0773 e. The Morgan fingerprint density at radius 1 is 0.824 bits per heavy atom. The van der Waals surface area contributed by atoms with E-state index in [1.165, 1.54) is 6.42 Å². The summed E-state index contributed by atoms with van der Waals surface area (Å²) in [7, 11) is 3.14. The average molecular weight is 254 g/mol. The third-order valence-electron chi connectivity index (χ3n) is 1.32. The summed E-state index contributed by atoms with van der Waals surface area (Å²) in [6.45, 7) is 12.1. The Labute approximate surface area is 108 Å². The molecule has 2 unspecified atom stereocenters. The fourth-order valence-electron chi connectivity index (χ4n) is 0.149. The zero-order chi connectivity index (χ0) is 14.7. The number of rotatable bonds is 4. The van der Waals surface area contributed by atoms with E-state index < -0.39 is 0 Å². The second-order valence-corrected chi connectivity index (χ2v) is 3.16. The van der Waals surface area contributed by atoms with Crippen molar-refractivity contribution in [1.29, 1.82) is 0 Å². The van der Waals surface area contributed by atoms with Gasteiger partial charge < -0.3 is 19.7 Å². The summed E-state index contributed by atoms with van der Waals surface area (Å²) in [4.78, 5) is 0. The van der Waals surface area contributed by atoms with Crippen LogP contribution >= 0.6 is 0 Å². The fraction of sp³-hybridized carbons (Fsp3) is 1.00. The van der Waals surface area contributed by atoms with E-state index in [9.17, 15) is 0 Å². The van der Waals surface area contributed by atoms with Gasteiger partial charge in [-0.1, -0.05) is 34.1 Å². The molecule has 0 aliphatic rings. The first-order valence-corrected chi connectivity index (χ1v) is 6.31. The molecule has 0 fully saturated rings. The van der Waals surface area contributed by atoms with Gasteiger partial charge in [-0.2, -0.15) is 0 Å². The first-order chi connectivity index (χ1) is 8.03. The van der Waals surface area contributed by atoms with E-state index >= 15 is 0 Å². The van der Waals surface area contributed by atoms with Crippen LogP contribution in [0.1, 0.15) is 48.0 Å². The maximum atomic E-state index is 8.21. The van der Waals surface area contributed by atoms with E-state index in [1.807, 2.05) is 13.8 Å². The zero-order valence-electron chi connectivity index (χ0n) is 13.0. The number of aliphatic hydroxyl groups excluding tert-OH is 2. The summed E-state index contributed by atoms with van der Waals surface area (Å²) in [6.07, 6.45) is 1.23. The largest absolute Gasteiger partial charge is 0.394 e. The van der Waals surface area contributed by atoms with Gasteiger partial charge in [0.1, 0.15) is 0 Å². The second kappa shape index (κ2) is 29.7. The zero-order valence-corrected chi connectivity index (χ0v) is 13.0. The maximum Gasteiger partial charge on any atom is 0.0773 e. The number of ether oxygens (including phenoxy) is 2. The molecule has 4 nitrogen and oxygen atoms in total. The van der Waals surface area contributed by atoms with Crippen molar-refractivity contribution in [2.24, 2.45) is 0 Å². The van der Waals surface area contributed by atoms with Crippen molar-refractivity contribution in [3.8, 4) is 0 Å². The lowest BCUT2D eigenvalue weighted by Gasteiger charge is -2.00. The van der Waals surface area contributed by atoms with Gasteiger partial charge in [-0.05, 0) is 13.8 Å². The molecule has 0 aliphatic heterocycles. The molecule has 0 spiro atoms. The van der Waals surface area contributed by atoms with E-state index in [1.54, 1.807) is 28.1 Å². The van der Waals surface area contributed by atoms with Gasteiger partial charge in [0.25, 0.3) is 0 Å². The summed E-state index contributed by atoms with van der Waals surface area (Å²) in [5.41, 5.74) is 0. The average Bonchev–Trinajstić information content (AvgIpc) is 2.40. The van der Waals surface area contributed by atoms with Gasteiger partial charge in [0.15, 0.2) is 0 Å². The van der Waals surface area contributed by atoms with Crippen LogP contribution in [0.5, 0.6) is 0 Å². The van der Waals surface area contributed by atoms with Gasteiger partial charge >= 0.3 is 0 Å². The van der Waals surface area contributed by atoms with Crippen molar-refractivity contribution in [1.82, 2.24) is 0 Å². The molecule has 0 rings (SSSR count). The van der Waals surface area contributed by atoms with Crippen molar-refractivity contribution < 1.29 is 19.7 Å². The molecule has 4 heteroatoms. The van der Waals surface area contributed by atoms with E-state index in [0.717, 1.165) is 0 Å². The van der Waals surface area contributed by atoms with Crippen LogP contribution in [0.25, 0.3) is 0 Å². The fourth-order valence-corrected chi connectivity index (χ4v) is 0.149. The minimum Gasteiger partial charge on any atom is -0.394 e. The van der Waals surface area contributed by atoms with Crippen LogP contribution < -0.4 is 0 Å². The molecule has 0 aromatic rings. The summed E-state index contributed by atoms with van der Waals surface area (Å²) in [5, 5.41) is 16.4. The summed E-state index contributed by atoms with van der Waals surface area (Å²) in [6, 6.07) is 0. The Kier molecular flexibility index (Phi) is 44.8. The summed E-state index contributed by atoms with van der Waals surface area (Å²) >= 11 is 0. The monoisotopic (exact) mass is 254 g/mol. The number of hydrogen-bond donors (Lipinski definition) is 2. The second-order valence-electron chi connectivity index (χ2n) is 3.16. The molecule has 17 heavy (non-hydrogen) atoms. The molecule has 0 saturated heterocycles. The highest BCUT2D eigenvalue weighted by Gasteiger charge is 1.90. The molecule has 0 saturated carbocycles. The van der Waals surface area contributed by atoms with Gasteiger partial charge in [0.2, 0.25) is 0 Å². The topological polar surface area (TPSA) is 58.9 Å². The quantitative estimate of drug-likeness (QED) is 0.809. The number of aliphatic hydroxyl groups is 2. The van der Waals surface area contributed by atoms with Crippen LogP contribution in [-0.4, -0.2) is 49.9 Å². The minimum atomic E-state index is -0.00926. The first kappa shape index (κ1) is 25.6. The molecule has 0 amide bonds. The van der Waals surface area contributed by atoms with Crippen LogP contribution in [0.3, 0.4) is 0 Å². The van der Waals surface area contributed by atoms with Crippen molar-refractivity contribution in [3.05, 3.63) is 0 Å². The molecule has 0 heterocycles. The predicted octanol–water partition coefficient (Wildman–Crippen LogP) is 2.47. The van der Waals surface area contributed by atoms with Gasteiger partial charge in [-0.25, -0.2) is 0 Å². The van der Waals surface area contributed by atoms with Crippen LogP contribution in [0.15, 0.2) is 0 Å². The van der Waals surface area contributed by atoms with Crippen molar-refractivity contribution in [3.63, 3.8) is 0 Å². The Hall–Kier alpha value is -0.160. The van der Waals surface area contributed by atoms with Gasteiger partial charge in [0, 0.05) is 14.2 Å². The highest BCUT2D eigenvalue weighted by molar-refractivity contribution is 4.39. The molecule has 0 bridgehead atoms. The Morgan fingerprint density at radius 3 is 1.00 bits per heavy atom. The lowest BCUT2D eigenvalue weighted by atomic mass is 10.4. The minimum absolute atomic E-state index is 0.00926. The maximum absolute atomic E-state index is 8.21. The molecule has 110 valence electrons. The van der Waals surface area contributed by atoms with Crippen LogP contribution in [0, 0.1) is 0 Å². The third-order valence-corrected chi connectivity index (χ3v) is 1.32. The molecule has 0 aromatic carbocycles. The van der Waals surface area contributed by atoms with E-state index in [4.69, 9.17) is 10.2 Å². The summed E-state index contributed by atoms with van der Waals surface area (Å²) in [5.74, 6) is 0. The number of hydrogen-bond acceptors (Lipinski definition) is 4. The van der Waals surface area contributed by atoms with Crippen molar-refractivity contribution in [2.75, 3.05) is 27.4 Å². The first-order valence-electron chi connectivity index (χ1n) is 6.31. The summed E-state index contributed by atoms with van der Waals surface area (Å²) < 4.78 is 9.30. The lowest BCUT2D eigenvalue weighted by Crippen LogP contribution is -2.08. The molecule has 0 radical (unpaired) electrons. The van der Waals surface area contributed by atoms with Crippen molar-refractivity contribution in [2.45, 2.75) is 60.2 Å². The SMILES string of the molecule is CC.CCC.COC(C)CO.COC(C)CO.